The number of aromatic nitrogens is 2. The number of amides is 2. The Morgan fingerprint density at radius 1 is 0.784 bits per heavy atom. The van der Waals surface area contributed by atoms with Crippen LogP contribution in [0, 0.1) is 6.92 Å². The number of hydrogen-bond acceptors (Lipinski definition) is 5. The lowest BCUT2D eigenvalue weighted by molar-refractivity contribution is -0.143. The summed E-state index contributed by atoms with van der Waals surface area (Å²) in [5.41, 5.74) is -2.05. The van der Waals surface area contributed by atoms with Crippen molar-refractivity contribution in [1.29, 1.82) is 0 Å². The zero-order valence-electron chi connectivity index (χ0n) is 19.5. The highest BCUT2D eigenvalue weighted by Crippen LogP contribution is 2.37. The largest absolute Gasteiger partial charge is 0.416 e. The molecule has 0 atom stereocenters. The first-order valence-corrected chi connectivity index (χ1v) is 11.2. The van der Waals surface area contributed by atoms with E-state index < -0.39 is 35.2 Å². The normalized spacial score (nSPS) is 14.0. The van der Waals surface area contributed by atoms with E-state index in [4.69, 9.17) is 0 Å². The Morgan fingerprint density at radius 2 is 1.32 bits per heavy atom. The van der Waals surface area contributed by atoms with Crippen LogP contribution in [0.4, 0.5) is 60.0 Å². The molecule has 0 saturated carbocycles. The summed E-state index contributed by atoms with van der Waals surface area (Å²) in [6.07, 6.45) is -7.84. The molecule has 2 amide bonds. The molecule has 37 heavy (non-hydrogen) atoms. The topological polar surface area (TPSA) is 82.2 Å². The molecule has 1 saturated heterocycles. The minimum atomic E-state index is -5.02. The van der Waals surface area contributed by atoms with Gasteiger partial charge in [0.2, 0.25) is 5.95 Å². The lowest BCUT2D eigenvalue weighted by Gasteiger charge is -2.17. The van der Waals surface area contributed by atoms with Gasteiger partial charge in [-0.1, -0.05) is 0 Å². The molecular weight excluding hydrogens is 502 g/mol. The van der Waals surface area contributed by atoms with Gasteiger partial charge < -0.3 is 20.9 Å². The van der Waals surface area contributed by atoms with Gasteiger partial charge in [0.05, 0.1) is 11.1 Å². The van der Waals surface area contributed by atoms with Crippen LogP contribution in [0.25, 0.3) is 0 Å². The molecule has 0 aliphatic carbocycles. The van der Waals surface area contributed by atoms with Gasteiger partial charge in [0.15, 0.2) is 0 Å². The number of alkyl halides is 6. The molecule has 3 aromatic rings. The molecule has 0 bridgehead atoms. The summed E-state index contributed by atoms with van der Waals surface area (Å²) in [5.74, 6) is 1.22. The monoisotopic (exact) mass is 524 g/mol. The van der Waals surface area contributed by atoms with Crippen molar-refractivity contribution in [2.24, 2.45) is 0 Å². The van der Waals surface area contributed by atoms with Crippen molar-refractivity contribution in [2.45, 2.75) is 32.1 Å². The molecule has 1 fully saturated rings. The predicted octanol–water partition coefficient (Wildman–Crippen LogP) is 6.81. The maximum atomic E-state index is 13.0. The van der Waals surface area contributed by atoms with Crippen LogP contribution in [-0.2, 0) is 12.4 Å². The summed E-state index contributed by atoms with van der Waals surface area (Å²) in [4.78, 5) is 23.3. The number of halogens is 6. The van der Waals surface area contributed by atoms with E-state index in [-0.39, 0.29) is 11.8 Å². The quantitative estimate of drug-likeness (QED) is 0.320. The van der Waals surface area contributed by atoms with Crippen LogP contribution >= 0.6 is 0 Å². The third-order valence-corrected chi connectivity index (χ3v) is 5.52. The van der Waals surface area contributed by atoms with Crippen LogP contribution in [-0.4, -0.2) is 29.1 Å². The van der Waals surface area contributed by atoms with Crippen molar-refractivity contribution in [1.82, 2.24) is 9.97 Å². The van der Waals surface area contributed by atoms with E-state index in [0.29, 0.717) is 23.8 Å². The number of anilines is 5. The fraction of sp³-hybridized carbons (Fsp3) is 0.292. The van der Waals surface area contributed by atoms with Gasteiger partial charge in [-0.25, -0.2) is 9.78 Å². The number of nitrogens with zero attached hydrogens (tertiary/aromatic N) is 3. The molecule has 4 rings (SSSR count). The lowest BCUT2D eigenvalue weighted by atomic mass is 10.1. The van der Waals surface area contributed by atoms with Crippen LogP contribution in [0.15, 0.2) is 48.5 Å². The van der Waals surface area contributed by atoms with E-state index in [2.05, 4.69) is 25.5 Å². The third kappa shape index (κ3) is 6.80. The smallest absolute Gasteiger partial charge is 0.356 e. The number of carbonyl (C=O) groups excluding carboxylic acids is 1. The molecule has 1 aromatic heterocycles. The zero-order valence-corrected chi connectivity index (χ0v) is 19.5. The van der Waals surface area contributed by atoms with Gasteiger partial charge in [0.1, 0.15) is 5.82 Å². The van der Waals surface area contributed by atoms with Gasteiger partial charge in [-0.05, 0) is 62.2 Å². The summed E-state index contributed by atoms with van der Waals surface area (Å²) in [6, 6.07) is 7.99. The number of benzene rings is 2. The Kier molecular flexibility index (Phi) is 7.14. The Labute approximate surface area is 207 Å². The van der Waals surface area contributed by atoms with E-state index in [1.54, 1.807) is 12.1 Å². The summed E-state index contributed by atoms with van der Waals surface area (Å²) in [5, 5.41) is 7.47. The average Bonchev–Trinajstić information content (AvgIpc) is 3.34. The molecule has 7 nitrogen and oxygen atoms in total. The second-order valence-electron chi connectivity index (χ2n) is 8.46. The molecule has 1 aliphatic rings. The summed E-state index contributed by atoms with van der Waals surface area (Å²) >= 11 is 0. The molecule has 3 N–H and O–H groups in total. The Balaban J connectivity index is 1.42. The number of carbonyl (C=O) groups is 1. The van der Waals surface area contributed by atoms with Gasteiger partial charge >= 0.3 is 18.4 Å². The van der Waals surface area contributed by atoms with E-state index in [1.165, 1.54) is 12.1 Å². The minimum absolute atomic E-state index is 0.0131. The SMILES string of the molecule is Cc1cc(N2CCCC2)nc(Nc2ccc(NC(=O)Nc3cc(C(F)(F)F)cc(C(F)(F)F)c3)cc2)n1. The van der Waals surface area contributed by atoms with Crippen molar-refractivity contribution in [3.05, 3.63) is 65.4 Å². The van der Waals surface area contributed by atoms with E-state index in [9.17, 15) is 31.1 Å². The first-order valence-electron chi connectivity index (χ1n) is 11.2. The molecule has 1 aliphatic heterocycles. The summed E-state index contributed by atoms with van der Waals surface area (Å²) in [6.45, 7) is 3.72. The number of urea groups is 1. The second-order valence-corrected chi connectivity index (χ2v) is 8.46. The van der Waals surface area contributed by atoms with Crippen LogP contribution in [0.2, 0.25) is 0 Å². The highest BCUT2D eigenvalue weighted by atomic mass is 19.4. The van der Waals surface area contributed by atoms with Crippen LogP contribution in [0.1, 0.15) is 29.7 Å². The van der Waals surface area contributed by atoms with Crippen LogP contribution in [0.5, 0.6) is 0 Å². The fourth-order valence-electron chi connectivity index (χ4n) is 3.80. The number of nitrogens with one attached hydrogen (secondary N) is 3. The molecule has 2 heterocycles. The summed E-state index contributed by atoms with van der Waals surface area (Å²) < 4.78 is 78.1. The Bertz CT molecular complexity index is 1240. The van der Waals surface area contributed by atoms with Crippen molar-refractivity contribution in [2.75, 3.05) is 33.9 Å². The lowest BCUT2D eigenvalue weighted by Crippen LogP contribution is -2.20. The Morgan fingerprint density at radius 3 is 1.89 bits per heavy atom. The molecule has 0 radical (unpaired) electrons. The number of rotatable bonds is 5. The van der Waals surface area contributed by atoms with Gasteiger partial charge in [-0.2, -0.15) is 31.3 Å². The van der Waals surface area contributed by atoms with Crippen LogP contribution < -0.4 is 20.9 Å². The molecule has 0 spiro atoms. The van der Waals surface area contributed by atoms with Crippen molar-refractivity contribution in [3.8, 4) is 0 Å². The Hall–Kier alpha value is -4.03. The highest BCUT2D eigenvalue weighted by molar-refractivity contribution is 6.00. The molecule has 0 unspecified atom stereocenters. The average molecular weight is 524 g/mol. The van der Waals surface area contributed by atoms with Gasteiger partial charge in [-0.15, -0.1) is 0 Å². The van der Waals surface area contributed by atoms with E-state index in [1.807, 2.05) is 18.3 Å². The molecule has 196 valence electrons. The van der Waals surface area contributed by atoms with Gasteiger partial charge in [0.25, 0.3) is 0 Å². The van der Waals surface area contributed by atoms with Crippen molar-refractivity contribution >= 4 is 34.9 Å². The molecule has 13 heteroatoms. The standard InChI is InChI=1S/C24H22F6N6O/c1-14-10-20(36-8-2-3-9-36)35-21(31-14)32-17-4-6-18(7-5-17)33-22(37)34-19-12-15(23(25,26)27)11-16(13-19)24(28,29)30/h4-7,10-13H,2-3,8-9H2,1H3,(H,31,32,35)(H2,33,34,37). The number of hydrogen-bond donors (Lipinski definition) is 3. The van der Waals surface area contributed by atoms with Crippen molar-refractivity contribution in [3.63, 3.8) is 0 Å². The maximum Gasteiger partial charge on any atom is 0.416 e. The predicted molar refractivity (Wildman–Crippen MR) is 127 cm³/mol. The fourth-order valence-corrected chi connectivity index (χ4v) is 3.80. The van der Waals surface area contributed by atoms with Gasteiger partial charge in [0, 0.05) is 41.9 Å². The van der Waals surface area contributed by atoms with Crippen LogP contribution in [0.3, 0.4) is 0 Å². The maximum absolute atomic E-state index is 13.0. The zero-order chi connectivity index (χ0) is 26.8. The molecule has 2 aromatic carbocycles. The number of aryl methyl sites for hydroxylation is 1. The second kappa shape index (κ2) is 10.1. The molecular formula is C24H22F6N6O. The van der Waals surface area contributed by atoms with Gasteiger partial charge in [-0.3, -0.25) is 0 Å². The van der Waals surface area contributed by atoms with E-state index in [0.717, 1.165) is 37.4 Å². The first-order chi connectivity index (χ1) is 17.4. The summed E-state index contributed by atoms with van der Waals surface area (Å²) in [7, 11) is 0. The van der Waals surface area contributed by atoms with E-state index >= 15 is 0 Å². The minimum Gasteiger partial charge on any atom is -0.356 e. The highest BCUT2D eigenvalue weighted by Gasteiger charge is 2.37. The van der Waals surface area contributed by atoms with Crippen molar-refractivity contribution < 1.29 is 31.1 Å². The third-order valence-electron chi connectivity index (χ3n) is 5.52. The first kappa shape index (κ1) is 26.0.